The number of para-hydroxylation sites is 2. The van der Waals surface area contributed by atoms with E-state index in [0.29, 0.717) is 17.1 Å². The van der Waals surface area contributed by atoms with Crippen molar-refractivity contribution in [1.29, 1.82) is 0 Å². The van der Waals surface area contributed by atoms with E-state index < -0.39 is 35.7 Å². The number of aromatic nitrogens is 2. The van der Waals surface area contributed by atoms with E-state index in [0.717, 1.165) is 21.5 Å². The zero-order valence-corrected chi connectivity index (χ0v) is 18.1. The largest absolute Gasteiger partial charge is 0.338 e. The maximum atomic E-state index is 13.3. The maximum absolute atomic E-state index is 13.3. The van der Waals surface area contributed by atoms with Crippen LogP contribution in [0.4, 0.5) is 14.9 Å². The molecule has 0 saturated carbocycles. The highest BCUT2D eigenvalue weighted by Gasteiger charge is 2.49. The molecule has 4 amide bonds. The van der Waals surface area contributed by atoms with Gasteiger partial charge in [0.25, 0.3) is 5.91 Å². The van der Waals surface area contributed by atoms with Crippen molar-refractivity contribution in [2.24, 2.45) is 0 Å². The third-order valence-corrected chi connectivity index (χ3v) is 5.83. The SMILES string of the molecule is CC1(c2ccc(F)cc2)NC(=O)N(CC(=O)Nc2ccc(-c3nc4ccccc4[nH]3)cc2)C1=O. The second kappa shape index (κ2) is 8.11. The van der Waals surface area contributed by atoms with E-state index in [1.165, 1.54) is 31.2 Å². The number of benzene rings is 3. The number of amides is 4. The Morgan fingerprint density at radius 1 is 1.03 bits per heavy atom. The predicted octanol–water partition coefficient (Wildman–Crippen LogP) is 3.77. The van der Waals surface area contributed by atoms with Crippen molar-refractivity contribution in [3.63, 3.8) is 0 Å². The van der Waals surface area contributed by atoms with Gasteiger partial charge in [-0.1, -0.05) is 24.3 Å². The van der Waals surface area contributed by atoms with Crippen LogP contribution in [0.2, 0.25) is 0 Å². The van der Waals surface area contributed by atoms with E-state index >= 15 is 0 Å². The summed E-state index contributed by atoms with van der Waals surface area (Å²) in [6, 6.07) is 19.4. The van der Waals surface area contributed by atoms with Gasteiger partial charge in [-0.15, -0.1) is 0 Å². The molecule has 0 bridgehead atoms. The lowest BCUT2D eigenvalue weighted by atomic mass is 9.92. The summed E-state index contributed by atoms with van der Waals surface area (Å²) in [5, 5.41) is 5.29. The lowest BCUT2D eigenvalue weighted by molar-refractivity contribution is -0.133. The number of rotatable bonds is 5. The van der Waals surface area contributed by atoms with Gasteiger partial charge in [0, 0.05) is 11.3 Å². The van der Waals surface area contributed by atoms with Gasteiger partial charge in [0.05, 0.1) is 11.0 Å². The second-order valence-electron chi connectivity index (χ2n) is 8.18. The van der Waals surface area contributed by atoms with Crippen LogP contribution in [0.15, 0.2) is 72.8 Å². The highest BCUT2D eigenvalue weighted by Crippen LogP contribution is 2.29. The monoisotopic (exact) mass is 457 g/mol. The van der Waals surface area contributed by atoms with Crippen LogP contribution in [0.25, 0.3) is 22.4 Å². The van der Waals surface area contributed by atoms with Gasteiger partial charge >= 0.3 is 6.03 Å². The number of imide groups is 1. The number of hydrogen-bond acceptors (Lipinski definition) is 4. The fourth-order valence-electron chi connectivity index (χ4n) is 3.96. The molecular formula is C25H20FN5O3. The standard InChI is InChI=1S/C25H20FN5O3/c1-25(16-8-10-17(26)11-9-16)23(33)31(24(34)30-25)14-21(32)27-18-12-6-15(7-13-18)22-28-19-4-2-3-5-20(19)29-22/h2-13H,14H2,1H3,(H,27,32)(H,28,29)(H,30,34). The summed E-state index contributed by atoms with van der Waals surface area (Å²) in [4.78, 5) is 46.6. The molecule has 9 heteroatoms. The molecule has 1 saturated heterocycles. The van der Waals surface area contributed by atoms with Crippen LogP contribution in [-0.2, 0) is 15.1 Å². The number of aromatic amines is 1. The number of urea groups is 1. The van der Waals surface area contributed by atoms with Gasteiger partial charge in [0.15, 0.2) is 0 Å². The van der Waals surface area contributed by atoms with Crippen molar-refractivity contribution in [2.45, 2.75) is 12.5 Å². The van der Waals surface area contributed by atoms with Crippen LogP contribution < -0.4 is 10.6 Å². The fourth-order valence-corrected chi connectivity index (χ4v) is 3.96. The van der Waals surface area contributed by atoms with Crippen LogP contribution in [0, 0.1) is 5.82 Å². The average Bonchev–Trinajstić information content (AvgIpc) is 3.35. The minimum absolute atomic E-state index is 0.427. The first kappa shape index (κ1) is 21.3. The first-order chi connectivity index (χ1) is 16.3. The molecule has 5 rings (SSSR count). The highest BCUT2D eigenvalue weighted by atomic mass is 19.1. The Balaban J connectivity index is 1.26. The summed E-state index contributed by atoms with van der Waals surface area (Å²) in [5.74, 6) is -0.854. The third kappa shape index (κ3) is 3.77. The van der Waals surface area contributed by atoms with Crippen LogP contribution in [0.1, 0.15) is 12.5 Å². The van der Waals surface area contributed by atoms with Crippen molar-refractivity contribution < 1.29 is 18.8 Å². The number of nitrogens with zero attached hydrogens (tertiary/aromatic N) is 2. The number of imidazole rings is 1. The molecule has 0 aliphatic carbocycles. The van der Waals surface area contributed by atoms with Crippen LogP contribution in [0.3, 0.4) is 0 Å². The van der Waals surface area contributed by atoms with Crippen molar-refractivity contribution in [3.05, 3.63) is 84.2 Å². The molecule has 1 atom stereocenters. The predicted molar refractivity (Wildman–Crippen MR) is 124 cm³/mol. The Labute approximate surface area is 193 Å². The van der Waals surface area contributed by atoms with E-state index in [1.54, 1.807) is 12.1 Å². The molecule has 34 heavy (non-hydrogen) atoms. The quantitative estimate of drug-likeness (QED) is 0.397. The normalized spacial score (nSPS) is 17.8. The molecule has 1 fully saturated rings. The molecule has 2 heterocycles. The summed E-state index contributed by atoms with van der Waals surface area (Å²) in [7, 11) is 0. The summed E-state index contributed by atoms with van der Waals surface area (Å²) in [5.41, 5.74) is 2.19. The number of anilines is 1. The lowest BCUT2D eigenvalue weighted by Gasteiger charge is -2.22. The van der Waals surface area contributed by atoms with Crippen LogP contribution in [-0.4, -0.2) is 39.3 Å². The van der Waals surface area contributed by atoms with Gasteiger partial charge in [-0.05, 0) is 61.0 Å². The summed E-state index contributed by atoms with van der Waals surface area (Å²) in [6.45, 7) is 1.07. The van der Waals surface area contributed by atoms with E-state index in [2.05, 4.69) is 20.6 Å². The fraction of sp³-hybridized carbons (Fsp3) is 0.120. The van der Waals surface area contributed by atoms with E-state index in [1.807, 2.05) is 36.4 Å². The van der Waals surface area contributed by atoms with E-state index in [9.17, 15) is 18.8 Å². The summed E-state index contributed by atoms with van der Waals surface area (Å²) >= 11 is 0. The number of H-pyrrole nitrogens is 1. The number of fused-ring (bicyclic) bond motifs is 1. The number of hydrogen-bond donors (Lipinski definition) is 3. The molecule has 3 aromatic carbocycles. The number of carbonyl (C=O) groups excluding carboxylic acids is 3. The molecular weight excluding hydrogens is 437 g/mol. The van der Waals surface area contributed by atoms with Crippen molar-refractivity contribution in [2.75, 3.05) is 11.9 Å². The topological polar surface area (TPSA) is 107 Å². The Kier molecular flexibility index (Phi) is 5.09. The van der Waals surface area contributed by atoms with Crippen molar-refractivity contribution in [3.8, 4) is 11.4 Å². The Hall–Kier alpha value is -4.53. The smallest absolute Gasteiger partial charge is 0.325 e. The van der Waals surface area contributed by atoms with Crippen molar-refractivity contribution >= 4 is 34.6 Å². The minimum Gasteiger partial charge on any atom is -0.338 e. The summed E-state index contributed by atoms with van der Waals surface area (Å²) in [6.07, 6.45) is 0. The Morgan fingerprint density at radius 2 is 1.74 bits per heavy atom. The number of halogens is 1. The van der Waals surface area contributed by atoms with E-state index in [-0.39, 0.29) is 0 Å². The molecule has 0 spiro atoms. The molecule has 1 aromatic heterocycles. The number of carbonyl (C=O) groups is 3. The van der Waals surface area contributed by atoms with Crippen LogP contribution >= 0.6 is 0 Å². The van der Waals surface area contributed by atoms with Gasteiger partial charge < -0.3 is 15.6 Å². The molecule has 8 nitrogen and oxygen atoms in total. The zero-order chi connectivity index (χ0) is 23.9. The zero-order valence-electron chi connectivity index (χ0n) is 18.1. The third-order valence-electron chi connectivity index (χ3n) is 5.83. The van der Waals surface area contributed by atoms with Gasteiger partial charge in [-0.2, -0.15) is 0 Å². The number of nitrogens with one attached hydrogen (secondary N) is 3. The first-order valence-electron chi connectivity index (χ1n) is 10.6. The van der Waals surface area contributed by atoms with E-state index in [4.69, 9.17) is 0 Å². The van der Waals surface area contributed by atoms with Crippen molar-refractivity contribution in [1.82, 2.24) is 20.2 Å². The Bertz CT molecular complexity index is 1380. The van der Waals surface area contributed by atoms with Gasteiger partial charge in [-0.3, -0.25) is 14.5 Å². The van der Waals surface area contributed by atoms with Crippen LogP contribution in [0.5, 0.6) is 0 Å². The maximum Gasteiger partial charge on any atom is 0.325 e. The molecule has 170 valence electrons. The second-order valence-corrected chi connectivity index (χ2v) is 8.18. The first-order valence-corrected chi connectivity index (χ1v) is 10.6. The molecule has 0 radical (unpaired) electrons. The molecule has 3 N–H and O–H groups in total. The minimum atomic E-state index is -1.38. The molecule has 1 aliphatic rings. The molecule has 4 aromatic rings. The van der Waals surface area contributed by atoms with Gasteiger partial charge in [0.2, 0.25) is 5.91 Å². The van der Waals surface area contributed by atoms with Gasteiger partial charge in [-0.25, -0.2) is 14.2 Å². The molecule has 1 unspecified atom stereocenters. The van der Waals surface area contributed by atoms with Gasteiger partial charge in [0.1, 0.15) is 23.7 Å². The summed E-state index contributed by atoms with van der Waals surface area (Å²) < 4.78 is 13.3. The highest BCUT2D eigenvalue weighted by molar-refractivity contribution is 6.10. The molecule has 1 aliphatic heterocycles. The lowest BCUT2D eigenvalue weighted by Crippen LogP contribution is -2.42. The Morgan fingerprint density at radius 3 is 2.44 bits per heavy atom. The average molecular weight is 457 g/mol.